The van der Waals surface area contributed by atoms with Crippen molar-refractivity contribution in [1.29, 1.82) is 0 Å². The summed E-state index contributed by atoms with van der Waals surface area (Å²) >= 11 is 0. The second kappa shape index (κ2) is 9.50. The van der Waals surface area contributed by atoms with E-state index >= 15 is 0 Å². The Bertz CT molecular complexity index is 1190. The number of rotatable bonds is 6. The summed E-state index contributed by atoms with van der Waals surface area (Å²) in [6, 6.07) is 5.24. The number of hydrogen-bond acceptors (Lipinski definition) is 7. The van der Waals surface area contributed by atoms with Gasteiger partial charge >= 0.3 is 0 Å². The molecule has 2 saturated heterocycles. The van der Waals surface area contributed by atoms with Gasteiger partial charge in [-0.15, -0.1) is 0 Å². The highest BCUT2D eigenvalue weighted by Crippen LogP contribution is 2.33. The summed E-state index contributed by atoms with van der Waals surface area (Å²) in [6.07, 6.45) is 7.32. The van der Waals surface area contributed by atoms with Crippen molar-refractivity contribution in [3.8, 4) is 11.3 Å². The number of nitrogens with one attached hydrogen (secondary N) is 1. The third-order valence-corrected chi connectivity index (χ3v) is 6.89. The number of aromatic nitrogens is 4. The van der Waals surface area contributed by atoms with Gasteiger partial charge in [0.2, 0.25) is 0 Å². The maximum Gasteiger partial charge on any atom is 0.142 e. The Labute approximate surface area is 199 Å². The number of hydrogen-bond donors (Lipinski definition) is 2. The number of imidazole rings is 1. The summed E-state index contributed by atoms with van der Waals surface area (Å²) in [6.45, 7) is 6.54. The van der Waals surface area contributed by atoms with Crippen LogP contribution in [0.15, 0.2) is 35.7 Å². The molecule has 4 heterocycles. The average Bonchev–Trinajstić information content (AvgIpc) is 3.24. The van der Waals surface area contributed by atoms with Gasteiger partial charge in [0.25, 0.3) is 0 Å². The minimum absolute atomic E-state index is 0.186. The van der Waals surface area contributed by atoms with Gasteiger partial charge in [0.15, 0.2) is 0 Å². The lowest BCUT2D eigenvalue weighted by molar-refractivity contribution is 0.299. The minimum atomic E-state index is -0.186. The largest absolute Gasteiger partial charge is 0.383 e. The van der Waals surface area contributed by atoms with Crippen LogP contribution in [0.3, 0.4) is 0 Å². The highest BCUT2D eigenvalue weighted by atomic mass is 19.1. The van der Waals surface area contributed by atoms with Crippen molar-refractivity contribution < 1.29 is 4.39 Å². The standard InChI is InChI=1S/C25H31FN8/c1-16-9-19(3-4-21(16)26)22-14-34(13-17-10-29-11-17)24(32-22)18-5-7-33(8-6-18)25-20(12-28-2)23(27)30-15-31-25/h3-4,9,12,14-15,17-18,29H,5-8,10-11,13H2,1-2H3,(H2,27,30,31). The quantitative estimate of drug-likeness (QED) is 0.547. The SMILES string of the molecule is CN=Cc1c(N)ncnc1N1CCC(c2nc(-c3ccc(F)c(C)c3)cn2CC2CNC2)CC1. The van der Waals surface area contributed by atoms with Crippen LogP contribution in [-0.2, 0) is 6.54 Å². The molecule has 0 radical (unpaired) electrons. The van der Waals surface area contributed by atoms with E-state index < -0.39 is 0 Å². The number of aliphatic imine (C=N–C) groups is 1. The molecule has 0 saturated carbocycles. The topological polar surface area (TPSA) is 97.2 Å². The fourth-order valence-electron chi connectivity index (χ4n) is 4.85. The van der Waals surface area contributed by atoms with Crippen LogP contribution in [-0.4, -0.2) is 59.0 Å². The van der Waals surface area contributed by atoms with E-state index in [1.165, 1.54) is 12.4 Å². The van der Waals surface area contributed by atoms with E-state index in [9.17, 15) is 4.39 Å². The summed E-state index contributed by atoms with van der Waals surface area (Å²) in [5.41, 5.74) is 9.37. The van der Waals surface area contributed by atoms with Crippen LogP contribution in [0.1, 0.15) is 35.7 Å². The van der Waals surface area contributed by atoms with E-state index in [-0.39, 0.29) is 5.82 Å². The summed E-state index contributed by atoms with van der Waals surface area (Å²) < 4.78 is 16.2. The third kappa shape index (κ3) is 4.40. The van der Waals surface area contributed by atoms with Crippen molar-refractivity contribution in [2.75, 3.05) is 43.9 Å². The van der Waals surface area contributed by atoms with Crippen LogP contribution in [0.2, 0.25) is 0 Å². The van der Waals surface area contributed by atoms with Gasteiger partial charge in [0, 0.05) is 69.6 Å². The number of nitrogens with two attached hydrogens (primary N) is 1. The van der Waals surface area contributed by atoms with Gasteiger partial charge in [-0.2, -0.15) is 0 Å². The molecule has 0 unspecified atom stereocenters. The van der Waals surface area contributed by atoms with Crippen LogP contribution in [0.4, 0.5) is 16.0 Å². The number of piperidine rings is 1. The van der Waals surface area contributed by atoms with E-state index in [1.807, 2.05) is 12.1 Å². The summed E-state index contributed by atoms with van der Waals surface area (Å²) in [4.78, 5) is 20.1. The van der Waals surface area contributed by atoms with Crippen molar-refractivity contribution in [3.63, 3.8) is 0 Å². The predicted molar refractivity (Wildman–Crippen MR) is 133 cm³/mol. The molecular weight excluding hydrogens is 431 g/mol. The molecule has 2 aromatic heterocycles. The molecule has 3 aromatic rings. The lowest BCUT2D eigenvalue weighted by Crippen LogP contribution is -2.44. The lowest BCUT2D eigenvalue weighted by atomic mass is 9.95. The Morgan fingerprint density at radius 2 is 2.03 bits per heavy atom. The van der Waals surface area contributed by atoms with Gasteiger partial charge in [-0.3, -0.25) is 4.99 Å². The zero-order valence-electron chi connectivity index (χ0n) is 19.7. The Hall–Kier alpha value is -3.33. The van der Waals surface area contributed by atoms with Crippen molar-refractivity contribution in [2.45, 2.75) is 32.2 Å². The molecule has 0 atom stereocenters. The smallest absolute Gasteiger partial charge is 0.142 e. The summed E-state index contributed by atoms with van der Waals surface area (Å²) in [5, 5.41) is 3.36. The summed E-state index contributed by atoms with van der Waals surface area (Å²) in [5.74, 6) is 3.19. The zero-order valence-corrected chi connectivity index (χ0v) is 19.7. The molecule has 2 aliphatic heterocycles. The van der Waals surface area contributed by atoms with Crippen LogP contribution < -0.4 is 16.0 Å². The van der Waals surface area contributed by atoms with Crippen LogP contribution in [0.5, 0.6) is 0 Å². The number of nitrogen functional groups attached to an aromatic ring is 1. The Balaban J connectivity index is 1.39. The molecular formula is C25H31FN8. The molecule has 0 spiro atoms. The average molecular weight is 463 g/mol. The molecule has 8 nitrogen and oxygen atoms in total. The van der Waals surface area contributed by atoms with Crippen molar-refractivity contribution in [2.24, 2.45) is 10.9 Å². The number of nitrogens with zero attached hydrogens (tertiary/aromatic N) is 6. The summed E-state index contributed by atoms with van der Waals surface area (Å²) in [7, 11) is 1.72. The van der Waals surface area contributed by atoms with Gasteiger partial charge in [-0.05, 0) is 43.5 Å². The van der Waals surface area contributed by atoms with E-state index in [0.717, 1.165) is 74.0 Å². The second-order valence-electron chi connectivity index (χ2n) is 9.27. The van der Waals surface area contributed by atoms with Crippen molar-refractivity contribution in [3.05, 3.63) is 53.5 Å². The van der Waals surface area contributed by atoms with E-state index in [0.29, 0.717) is 23.2 Å². The molecule has 2 fully saturated rings. The molecule has 3 N–H and O–H groups in total. The number of benzene rings is 1. The molecule has 5 rings (SSSR count). The third-order valence-electron chi connectivity index (χ3n) is 6.89. The van der Waals surface area contributed by atoms with E-state index in [1.54, 1.807) is 20.2 Å². The molecule has 0 aliphatic carbocycles. The maximum atomic E-state index is 13.8. The molecule has 178 valence electrons. The van der Waals surface area contributed by atoms with Gasteiger partial charge < -0.3 is 20.5 Å². The van der Waals surface area contributed by atoms with Crippen LogP contribution >= 0.6 is 0 Å². The van der Waals surface area contributed by atoms with Crippen molar-refractivity contribution >= 4 is 17.9 Å². The highest BCUT2D eigenvalue weighted by Gasteiger charge is 2.28. The van der Waals surface area contributed by atoms with E-state index in [4.69, 9.17) is 10.7 Å². The normalized spacial score (nSPS) is 17.4. The van der Waals surface area contributed by atoms with Gasteiger partial charge in [0.1, 0.15) is 29.6 Å². The Kier molecular flexibility index (Phi) is 6.28. The Morgan fingerprint density at radius 1 is 1.24 bits per heavy atom. The number of halogens is 1. The predicted octanol–water partition coefficient (Wildman–Crippen LogP) is 3.02. The van der Waals surface area contributed by atoms with E-state index in [2.05, 4.69) is 35.9 Å². The Morgan fingerprint density at radius 3 is 2.71 bits per heavy atom. The zero-order chi connectivity index (χ0) is 23.7. The fourth-order valence-corrected chi connectivity index (χ4v) is 4.85. The van der Waals surface area contributed by atoms with Crippen LogP contribution in [0.25, 0.3) is 11.3 Å². The van der Waals surface area contributed by atoms with Gasteiger partial charge in [0.05, 0.1) is 11.3 Å². The molecule has 34 heavy (non-hydrogen) atoms. The molecule has 2 aliphatic rings. The highest BCUT2D eigenvalue weighted by molar-refractivity contribution is 5.91. The molecule has 9 heteroatoms. The van der Waals surface area contributed by atoms with Crippen LogP contribution in [0, 0.1) is 18.7 Å². The first kappa shape index (κ1) is 22.5. The monoisotopic (exact) mass is 462 g/mol. The van der Waals surface area contributed by atoms with Crippen molar-refractivity contribution in [1.82, 2.24) is 24.8 Å². The maximum absolute atomic E-state index is 13.8. The van der Waals surface area contributed by atoms with Gasteiger partial charge in [-0.25, -0.2) is 19.3 Å². The lowest BCUT2D eigenvalue weighted by Gasteiger charge is -2.34. The number of anilines is 2. The fraction of sp³-hybridized carbons (Fsp3) is 0.440. The molecule has 0 amide bonds. The second-order valence-corrected chi connectivity index (χ2v) is 9.27. The molecule has 1 aromatic carbocycles. The molecule has 0 bridgehead atoms. The first-order valence-corrected chi connectivity index (χ1v) is 11.9. The first-order valence-electron chi connectivity index (χ1n) is 11.9. The first-order chi connectivity index (χ1) is 16.5. The minimum Gasteiger partial charge on any atom is -0.383 e. The number of aryl methyl sites for hydroxylation is 1. The van der Waals surface area contributed by atoms with Gasteiger partial charge in [-0.1, -0.05) is 0 Å².